The van der Waals surface area contributed by atoms with E-state index in [1.807, 2.05) is 18.3 Å². The third-order valence-electron chi connectivity index (χ3n) is 6.23. The highest BCUT2D eigenvalue weighted by Gasteiger charge is 2.38. The van der Waals surface area contributed by atoms with E-state index in [9.17, 15) is 4.79 Å². The molecule has 6 nitrogen and oxygen atoms in total. The summed E-state index contributed by atoms with van der Waals surface area (Å²) in [5.74, 6) is 1.09. The Balaban J connectivity index is 1.42. The zero-order valence-electron chi connectivity index (χ0n) is 16.6. The van der Waals surface area contributed by atoms with Crippen molar-refractivity contribution in [1.29, 1.82) is 0 Å². The van der Waals surface area contributed by atoms with Crippen LogP contribution in [0.2, 0.25) is 0 Å². The number of benzene rings is 2. The maximum Gasteiger partial charge on any atom is 0.163 e. The van der Waals surface area contributed by atoms with Crippen LogP contribution in [0, 0.1) is 0 Å². The Bertz CT molecular complexity index is 1280. The average Bonchev–Trinajstić information content (AvgIpc) is 3.43. The average molecular weight is 395 g/mol. The molecule has 30 heavy (non-hydrogen) atoms. The van der Waals surface area contributed by atoms with E-state index in [2.05, 4.69) is 63.4 Å². The van der Waals surface area contributed by atoms with Gasteiger partial charge >= 0.3 is 0 Å². The normalized spacial score (nSPS) is 21.8. The molecule has 0 saturated carbocycles. The number of anilines is 1. The topological polar surface area (TPSA) is 62.0 Å². The van der Waals surface area contributed by atoms with Crippen molar-refractivity contribution in [2.45, 2.75) is 25.0 Å². The molecule has 6 rings (SSSR count). The number of aryl methyl sites for hydroxylation is 2. The lowest BCUT2D eigenvalue weighted by atomic mass is 10.0. The van der Waals surface area contributed by atoms with E-state index in [4.69, 9.17) is 4.99 Å². The summed E-state index contributed by atoms with van der Waals surface area (Å²) in [6, 6.07) is 14.4. The van der Waals surface area contributed by atoms with Crippen molar-refractivity contribution in [2.24, 2.45) is 17.0 Å². The second-order valence-corrected chi connectivity index (χ2v) is 8.01. The molecule has 3 aliphatic rings. The molecule has 1 aliphatic carbocycles. The van der Waals surface area contributed by atoms with Crippen molar-refractivity contribution in [3.63, 3.8) is 0 Å². The molecular weight excluding hydrogens is 374 g/mol. The monoisotopic (exact) mass is 395 g/mol. The lowest BCUT2D eigenvalue weighted by Gasteiger charge is -2.29. The van der Waals surface area contributed by atoms with Crippen LogP contribution in [-0.2, 0) is 13.5 Å². The molecule has 2 atom stereocenters. The van der Waals surface area contributed by atoms with Crippen molar-refractivity contribution in [2.75, 3.05) is 5.32 Å². The molecule has 0 saturated heterocycles. The number of aliphatic imine (C=N–C) groups is 2. The molecule has 0 amide bonds. The molecule has 1 N–H and O–H groups in total. The summed E-state index contributed by atoms with van der Waals surface area (Å²) in [6.45, 7) is 0. The zero-order chi connectivity index (χ0) is 20.2. The van der Waals surface area contributed by atoms with Gasteiger partial charge in [-0.25, -0.2) is 0 Å². The second-order valence-electron chi connectivity index (χ2n) is 8.01. The van der Waals surface area contributed by atoms with Gasteiger partial charge in [-0.15, -0.1) is 0 Å². The van der Waals surface area contributed by atoms with Gasteiger partial charge in [-0.1, -0.05) is 18.2 Å². The zero-order valence-corrected chi connectivity index (χ0v) is 16.6. The van der Waals surface area contributed by atoms with Crippen LogP contribution in [0.25, 0.3) is 10.9 Å². The number of ketones is 1. The molecule has 2 aliphatic heterocycles. The van der Waals surface area contributed by atoms with E-state index in [0.717, 1.165) is 29.1 Å². The number of nitrogens with one attached hydrogen (secondary N) is 1. The number of carbonyl (C=O) groups is 1. The fourth-order valence-corrected chi connectivity index (χ4v) is 4.78. The molecule has 148 valence electrons. The van der Waals surface area contributed by atoms with Crippen molar-refractivity contribution in [3.8, 4) is 0 Å². The number of carbonyl (C=O) groups excluding carboxylic acids is 1. The summed E-state index contributed by atoms with van der Waals surface area (Å²) in [6.07, 6.45) is 9.09. The van der Waals surface area contributed by atoms with Gasteiger partial charge in [0, 0.05) is 59.8 Å². The van der Waals surface area contributed by atoms with Crippen LogP contribution in [0.1, 0.15) is 33.9 Å². The maximum absolute atomic E-state index is 12.0. The van der Waals surface area contributed by atoms with Gasteiger partial charge in [0.2, 0.25) is 0 Å². The predicted octanol–water partition coefficient (Wildman–Crippen LogP) is 4.06. The number of para-hydroxylation sites is 1. The van der Waals surface area contributed by atoms with Gasteiger partial charge in [0.1, 0.15) is 18.0 Å². The predicted molar refractivity (Wildman–Crippen MR) is 119 cm³/mol. The first-order chi connectivity index (χ1) is 14.7. The van der Waals surface area contributed by atoms with Crippen molar-refractivity contribution >= 4 is 34.4 Å². The molecule has 2 aromatic carbocycles. The van der Waals surface area contributed by atoms with E-state index in [-0.39, 0.29) is 18.0 Å². The Morgan fingerprint density at radius 3 is 2.97 bits per heavy atom. The van der Waals surface area contributed by atoms with Crippen LogP contribution in [0.3, 0.4) is 0 Å². The van der Waals surface area contributed by atoms with Crippen LogP contribution >= 0.6 is 0 Å². The van der Waals surface area contributed by atoms with Gasteiger partial charge < -0.3 is 14.8 Å². The molecule has 0 spiro atoms. The highest BCUT2D eigenvalue weighted by molar-refractivity contribution is 6.31. The van der Waals surface area contributed by atoms with Crippen LogP contribution in [0.4, 0.5) is 5.69 Å². The van der Waals surface area contributed by atoms with Crippen LogP contribution in [-0.4, -0.2) is 33.5 Å². The van der Waals surface area contributed by atoms with Crippen LogP contribution < -0.4 is 5.32 Å². The van der Waals surface area contributed by atoms with E-state index in [1.165, 1.54) is 16.5 Å². The molecule has 1 aromatic heterocycles. The van der Waals surface area contributed by atoms with Gasteiger partial charge in [-0.2, -0.15) is 0 Å². The molecule has 2 unspecified atom stereocenters. The molecule has 3 aromatic rings. The number of Topliss-reactive ketones (excluding diaryl/α,β-unsaturated/α-hetero) is 1. The fourth-order valence-electron chi connectivity index (χ4n) is 4.78. The van der Waals surface area contributed by atoms with Crippen molar-refractivity contribution in [3.05, 3.63) is 77.8 Å². The summed E-state index contributed by atoms with van der Waals surface area (Å²) >= 11 is 0. The SMILES string of the molecule is Cn1cc(C2N=C3C=NC=CN3C2Nc2ccc3c(c2)CCC3=O)c2ccccc21. The number of hydrogen-bond acceptors (Lipinski definition) is 5. The molecule has 0 bridgehead atoms. The second kappa shape index (κ2) is 6.42. The first-order valence-electron chi connectivity index (χ1n) is 10.2. The highest BCUT2D eigenvalue weighted by atomic mass is 16.1. The van der Waals surface area contributed by atoms with E-state index in [1.54, 1.807) is 12.4 Å². The minimum Gasteiger partial charge on any atom is -0.363 e. The number of hydrogen-bond donors (Lipinski definition) is 1. The van der Waals surface area contributed by atoms with Gasteiger partial charge in [0.15, 0.2) is 5.78 Å². The quantitative estimate of drug-likeness (QED) is 0.728. The Labute approximate surface area is 174 Å². The summed E-state index contributed by atoms with van der Waals surface area (Å²) in [5.41, 5.74) is 5.37. The van der Waals surface area contributed by atoms with E-state index < -0.39 is 0 Å². The Morgan fingerprint density at radius 2 is 2.03 bits per heavy atom. The first kappa shape index (κ1) is 17.2. The van der Waals surface area contributed by atoms with Gasteiger partial charge in [0.05, 0.1) is 6.21 Å². The van der Waals surface area contributed by atoms with Gasteiger partial charge in [-0.3, -0.25) is 14.8 Å². The number of fused-ring (bicyclic) bond motifs is 3. The number of amidine groups is 1. The van der Waals surface area contributed by atoms with Gasteiger partial charge in [-0.05, 0) is 36.2 Å². The number of aromatic nitrogens is 1. The summed E-state index contributed by atoms with van der Waals surface area (Å²) in [5, 5.41) is 4.89. The van der Waals surface area contributed by atoms with Crippen LogP contribution in [0.15, 0.2) is 71.0 Å². The van der Waals surface area contributed by atoms with Crippen molar-refractivity contribution in [1.82, 2.24) is 9.47 Å². The summed E-state index contributed by atoms with van der Waals surface area (Å²) in [7, 11) is 2.07. The van der Waals surface area contributed by atoms with E-state index >= 15 is 0 Å². The summed E-state index contributed by atoms with van der Waals surface area (Å²) in [4.78, 5) is 23.4. The lowest BCUT2D eigenvalue weighted by Crippen LogP contribution is -2.40. The Kier molecular flexibility index (Phi) is 3.68. The fraction of sp³-hybridized carbons (Fsp3) is 0.208. The Hall–Kier alpha value is -3.67. The summed E-state index contributed by atoms with van der Waals surface area (Å²) < 4.78 is 2.16. The molecule has 0 radical (unpaired) electrons. The number of rotatable bonds is 3. The number of nitrogens with zero attached hydrogens (tertiary/aromatic N) is 4. The van der Waals surface area contributed by atoms with Crippen molar-refractivity contribution < 1.29 is 4.79 Å². The highest BCUT2D eigenvalue weighted by Crippen LogP contribution is 2.38. The molecule has 0 fully saturated rings. The van der Waals surface area contributed by atoms with Crippen LogP contribution in [0.5, 0.6) is 0 Å². The smallest absolute Gasteiger partial charge is 0.163 e. The molecule has 3 heterocycles. The standard InChI is InChI=1S/C24H21N5O/c1-28-14-19(18-4-2-3-5-20(18)28)23-24(29-11-10-25-13-22(29)27-23)26-16-7-8-17-15(12-16)6-9-21(17)30/h2-5,7-8,10-14,23-24,26H,6,9H2,1H3. The first-order valence-corrected chi connectivity index (χ1v) is 10.2. The maximum atomic E-state index is 12.0. The van der Waals surface area contributed by atoms with Gasteiger partial charge in [0.25, 0.3) is 0 Å². The molecular formula is C24H21N5O. The third-order valence-corrected chi connectivity index (χ3v) is 6.23. The lowest BCUT2D eigenvalue weighted by molar-refractivity contribution is 0.0994. The van der Waals surface area contributed by atoms with E-state index in [0.29, 0.717) is 6.42 Å². The third kappa shape index (κ3) is 2.53. The minimum absolute atomic E-state index is 0.0797. The Morgan fingerprint density at radius 1 is 1.13 bits per heavy atom. The largest absolute Gasteiger partial charge is 0.363 e. The minimum atomic E-state index is -0.0878. The molecule has 6 heteroatoms.